The van der Waals surface area contributed by atoms with Gasteiger partial charge in [0.25, 0.3) is 0 Å². The molecular formula is C12H20N2O4. The molecule has 1 aliphatic heterocycles. The predicted molar refractivity (Wildman–Crippen MR) is 64.6 cm³/mol. The van der Waals surface area contributed by atoms with Crippen molar-refractivity contribution in [2.75, 3.05) is 19.7 Å². The van der Waals surface area contributed by atoms with Crippen molar-refractivity contribution in [3.8, 4) is 0 Å². The molecule has 1 N–H and O–H groups in total. The molecule has 1 unspecified atom stereocenters. The normalized spacial score (nSPS) is 19.2. The van der Waals surface area contributed by atoms with Gasteiger partial charge in [0.1, 0.15) is 6.54 Å². The second-order valence-electron chi connectivity index (χ2n) is 4.56. The van der Waals surface area contributed by atoms with Crippen LogP contribution in [0.5, 0.6) is 0 Å². The maximum Gasteiger partial charge on any atom is 0.325 e. The monoisotopic (exact) mass is 256 g/mol. The molecule has 2 amide bonds. The van der Waals surface area contributed by atoms with Crippen molar-refractivity contribution in [1.82, 2.24) is 10.2 Å². The van der Waals surface area contributed by atoms with Crippen LogP contribution < -0.4 is 5.32 Å². The number of hydrogen-bond acceptors (Lipinski definition) is 4. The second kappa shape index (κ2) is 6.37. The van der Waals surface area contributed by atoms with Crippen LogP contribution in [-0.4, -0.2) is 48.4 Å². The van der Waals surface area contributed by atoms with Crippen molar-refractivity contribution in [3.63, 3.8) is 0 Å². The van der Waals surface area contributed by atoms with Gasteiger partial charge in [0.05, 0.1) is 12.5 Å². The molecular weight excluding hydrogens is 236 g/mol. The summed E-state index contributed by atoms with van der Waals surface area (Å²) in [6.07, 6.45) is 0.215. The molecule has 1 rings (SSSR count). The molecule has 1 atom stereocenters. The Labute approximate surface area is 107 Å². The first kappa shape index (κ1) is 14.5. The summed E-state index contributed by atoms with van der Waals surface area (Å²) in [7, 11) is 0. The summed E-state index contributed by atoms with van der Waals surface area (Å²) >= 11 is 0. The zero-order valence-corrected chi connectivity index (χ0v) is 11.1. The van der Waals surface area contributed by atoms with Crippen LogP contribution in [0.1, 0.15) is 27.2 Å². The number of carbonyl (C=O) groups excluding carboxylic acids is 3. The van der Waals surface area contributed by atoms with Gasteiger partial charge in [-0.2, -0.15) is 0 Å². The highest BCUT2D eigenvalue weighted by molar-refractivity contribution is 5.90. The third-order valence-corrected chi connectivity index (χ3v) is 2.86. The van der Waals surface area contributed by atoms with Crippen LogP contribution >= 0.6 is 0 Å². The topological polar surface area (TPSA) is 75.7 Å². The van der Waals surface area contributed by atoms with E-state index in [-0.39, 0.29) is 43.3 Å². The summed E-state index contributed by atoms with van der Waals surface area (Å²) in [4.78, 5) is 36.2. The number of hydrogen-bond donors (Lipinski definition) is 1. The Morgan fingerprint density at radius 1 is 1.50 bits per heavy atom. The lowest BCUT2D eigenvalue weighted by molar-refractivity contribution is -0.143. The van der Waals surface area contributed by atoms with E-state index >= 15 is 0 Å². The zero-order valence-electron chi connectivity index (χ0n) is 11.1. The van der Waals surface area contributed by atoms with E-state index in [1.165, 1.54) is 0 Å². The summed E-state index contributed by atoms with van der Waals surface area (Å²) in [6.45, 7) is 6.10. The van der Waals surface area contributed by atoms with Crippen LogP contribution in [0.3, 0.4) is 0 Å². The smallest absolute Gasteiger partial charge is 0.325 e. The average molecular weight is 256 g/mol. The fourth-order valence-electron chi connectivity index (χ4n) is 1.92. The van der Waals surface area contributed by atoms with Gasteiger partial charge in [0, 0.05) is 19.0 Å². The van der Waals surface area contributed by atoms with Gasteiger partial charge in [-0.05, 0) is 20.8 Å². The van der Waals surface area contributed by atoms with E-state index in [1.54, 1.807) is 11.8 Å². The summed E-state index contributed by atoms with van der Waals surface area (Å²) in [5.74, 6) is -1.11. The summed E-state index contributed by atoms with van der Waals surface area (Å²) in [6, 6.07) is 0.0976. The van der Waals surface area contributed by atoms with Gasteiger partial charge >= 0.3 is 5.97 Å². The average Bonchev–Trinajstić information content (AvgIpc) is 2.69. The highest BCUT2D eigenvalue weighted by Crippen LogP contribution is 2.19. The highest BCUT2D eigenvalue weighted by atomic mass is 16.5. The first-order chi connectivity index (χ1) is 8.45. The molecule has 0 radical (unpaired) electrons. The van der Waals surface area contributed by atoms with Gasteiger partial charge in [-0.25, -0.2) is 0 Å². The van der Waals surface area contributed by atoms with Crippen LogP contribution in [0, 0.1) is 5.92 Å². The van der Waals surface area contributed by atoms with Crippen molar-refractivity contribution >= 4 is 17.8 Å². The van der Waals surface area contributed by atoms with Crippen LogP contribution in [-0.2, 0) is 19.1 Å². The Morgan fingerprint density at radius 2 is 2.17 bits per heavy atom. The largest absolute Gasteiger partial charge is 0.465 e. The number of ether oxygens (including phenoxy) is 1. The molecule has 0 aromatic carbocycles. The third kappa shape index (κ3) is 3.72. The van der Waals surface area contributed by atoms with Crippen LogP contribution in [0.4, 0.5) is 0 Å². The van der Waals surface area contributed by atoms with Crippen LogP contribution in [0.25, 0.3) is 0 Å². The Balaban J connectivity index is 2.40. The maximum absolute atomic E-state index is 11.8. The van der Waals surface area contributed by atoms with E-state index in [2.05, 4.69) is 5.32 Å². The lowest BCUT2D eigenvalue weighted by atomic mass is 10.1. The van der Waals surface area contributed by atoms with Gasteiger partial charge in [-0.3, -0.25) is 14.4 Å². The van der Waals surface area contributed by atoms with Gasteiger partial charge in [-0.1, -0.05) is 0 Å². The highest BCUT2D eigenvalue weighted by Gasteiger charge is 2.35. The van der Waals surface area contributed by atoms with E-state index in [1.807, 2.05) is 13.8 Å². The van der Waals surface area contributed by atoms with Crippen molar-refractivity contribution in [1.29, 1.82) is 0 Å². The number of likely N-dealkylation sites (tertiary alicyclic amines) is 1. The minimum absolute atomic E-state index is 0.0127. The van der Waals surface area contributed by atoms with E-state index in [9.17, 15) is 14.4 Å². The van der Waals surface area contributed by atoms with Crippen molar-refractivity contribution in [2.45, 2.75) is 33.2 Å². The SMILES string of the molecule is CCOC(=O)CNC(=O)C1CC(=O)N(C(C)C)C1. The fourth-order valence-corrected chi connectivity index (χ4v) is 1.92. The molecule has 0 aliphatic carbocycles. The minimum atomic E-state index is -0.462. The minimum Gasteiger partial charge on any atom is -0.465 e. The summed E-state index contributed by atoms with van der Waals surface area (Å²) in [5, 5.41) is 2.50. The summed E-state index contributed by atoms with van der Waals surface area (Å²) in [5.41, 5.74) is 0. The Bertz CT molecular complexity index is 341. The quantitative estimate of drug-likeness (QED) is 0.698. The number of esters is 1. The standard InChI is InChI=1S/C12H20N2O4/c1-4-18-11(16)6-13-12(17)9-5-10(15)14(7-9)8(2)3/h8-9H,4-7H2,1-3H3,(H,13,17). The molecule has 6 nitrogen and oxygen atoms in total. The van der Waals surface area contributed by atoms with Gasteiger partial charge in [-0.15, -0.1) is 0 Å². The van der Waals surface area contributed by atoms with Gasteiger partial charge in [0.15, 0.2) is 0 Å². The first-order valence-electron chi connectivity index (χ1n) is 6.18. The van der Waals surface area contributed by atoms with Crippen molar-refractivity contribution in [3.05, 3.63) is 0 Å². The number of nitrogens with zero attached hydrogens (tertiary/aromatic N) is 1. The first-order valence-corrected chi connectivity index (χ1v) is 6.18. The predicted octanol–water partition coefficient (Wildman–Crippen LogP) is -0.0774. The molecule has 1 fully saturated rings. The number of nitrogens with one attached hydrogen (secondary N) is 1. The van der Waals surface area contributed by atoms with E-state index in [0.717, 1.165) is 0 Å². The molecule has 0 aromatic rings. The number of amides is 2. The van der Waals surface area contributed by atoms with E-state index < -0.39 is 5.97 Å². The lowest BCUT2D eigenvalue weighted by Gasteiger charge is -2.20. The second-order valence-corrected chi connectivity index (χ2v) is 4.56. The summed E-state index contributed by atoms with van der Waals surface area (Å²) < 4.78 is 4.70. The fraction of sp³-hybridized carbons (Fsp3) is 0.750. The third-order valence-electron chi connectivity index (χ3n) is 2.86. The Morgan fingerprint density at radius 3 is 2.67 bits per heavy atom. The van der Waals surface area contributed by atoms with Crippen LogP contribution in [0.2, 0.25) is 0 Å². The molecule has 1 saturated heterocycles. The van der Waals surface area contributed by atoms with E-state index in [4.69, 9.17) is 4.74 Å². The van der Waals surface area contributed by atoms with Crippen molar-refractivity contribution in [2.24, 2.45) is 5.92 Å². The molecule has 18 heavy (non-hydrogen) atoms. The molecule has 1 heterocycles. The zero-order chi connectivity index (χ0) is 13.7. The number of rotatable bonds is 5. The Hall–Kier alpha value is -1.59. The molecule has 0 spiro atoms. The molecule has 0 bridgehead atoms. The van der Waals surface area contributed by atoms with E-state index in [0.29, 0.717) is 6.54 Å². The van der Waals surface area contributed by atoms with Crippen molar-refractivity contribution < 1.29 is 19.1 Å². The molecule has 6 heteroatoms. The van der Waals surface area contributed by atoms with Gasteiger partial charge in [0.2, 0.25) is 11.8 Å². The molecule has 102 valence electrons. The van der Waals surface area contributed by atoms with Crippen LogP contribution in [0.15, 0.2) is 0 Å². The Kier molecular flexibility index (Phi) is 5.12. The molecule has 0 aromatic heterocycles. The molecule has 1 aliphatic rings. The molecule has 0 saturated carbocycles. The van der Waals surface area contributed by atoms with Gasteiger partial charge < -0.3 is 15.0 Å². The number of carbonyl (C=O) groups is 3. The lowest BCUT2D eigenvalue weighted by Crippen LogP contribution is -2.37. The maximum atomic E-state index is 11.8.